The van der Waals surface area contributed by atoms with E-state index in [2.05, 4.69) is 10.1 Å². The molecule has 10 nitrogen and oxygen atoms in total. The maximum atomic E-state index is 12.7. The maximum absolute atomic E-state index is 12.7. The summed E-state index contributed by atoms with van der Waals surface area (Å²) < 4.78 is 9.78. The number of nitrogens with one attached hydrogen (secondary N) is 1. The normalized spacial score (nSPS) is 15.5. The molecule has 0 saturated carbocycles. The zero-order valence-corrected chi connectivity index (χ0v) is 18.1. The van der Waals surface area contributed by atoms with E-state index in [1.54, 1.807) is 20.8 Å². The molecular weight excluding hydrogens is 370 g/mol. The SMILES string of the molecule is COC(=O)C(NC(=O)C(C)N(C)C(=O)C(C)N(C)C(=O)OC(C)(C)C)C(C)O. The molecule has 0 aliphatic rings. The van der Waals surface area contributed by atoms with Gasteiger partial charge in [-0.3, -0.25) is 14.5 Å². The highest BCUT2D eigenvalue weighted by molar-refractivity contribution is 5.92. The van der Waals surface area contributed by atoms with Gasteiger partial charge in [0.1, 0.15) is 17.7 Å². The van der Waals surface area contributed by atoms with Crippen molar-refractivity contribution in [2.75, 3.05) is 21.2 Å². The van der Waals surface area contributed by atoms with Crippen LogP contribution >= 0.6 is 0 Å². The van der Waals surface area contributed by atoms with Crippen molar-refractivity contribution in [1.82, 2.24) is 15.1 Å². The second kappa shape index (κ2) is 10.3. The Balaban J connectivity index is 5.11. The number of aliphatic hydroxyl groups excluding tert-OH is 1. The third kappa shape index (κ3) is 7.34. The lowest BCUT2D eigenvalue weighted by Gasteiger charge is -2.32. The van der Waals surface area contributed by atoms with Gasteiger partial charge in [-0.25, -0.2) is 9.59 Å². The monoisotopic (exact) mass is 403 g/mol. The average Bonchev–Trinajstić information content (AvgIpc) is 2.60. The molecule has 0 aromatic rings. The number of methoxy groups -OCH3 is 1. The molecule has 0 aliphatic carbocycles. The molecule has 0 aromatic carbocycles. The van der Waals surface area contributed by atoms with Crippen LogP contribution in [0.3, 0.4) is 0 Å². The van der Waals surface area contributed by atoms with Gasteiger partial charge < -0.3 is 24.8 Å². The molecule has 4 unspecified atom stereocenters. The van der Waals surface area contributed by atoms with E-state index in [0.29, 0.717) is 0 Å². The number of ether oxygens (including phenoxy) is 2. The quantitative estimate of drug-likeness (QED) is 0.579. The van der Waals surface area contributed by atoms with Gasteiger partial charge >= 0.3 is 12.1 Å². The van der Waals surface area contributed by atoms with Crippen molar-refractivity contribution in [3.63, 3.8) is 0 Å². The van der Waals surface area contributed by atoms with Gasteiger partial charge in [-0.2, -0.15) is 0 Å². The molecule has 0 bridgehead atoms. The summed E-state index contributed by atoms with van der Waals surface area (Å²) in [5.41, 5.74) is -0.711. The van der Waals surface area contributed by atoms with Gasteiger partial charge in [0.25, 0.3) is 0 Å². The molecule has 4 atom stereocenters. The van der Waals surface area contributed by atoms with Gasteiger partial charge in [0.2, 0.25) is 11.8 Å². The van der Waals surface area contributed by atoms with Crippen molar-refractivity contribution in [3.8, 4) is 0 Å². The largest absolute Gasteiger partial charge is 0.467 e. The Kier molecular flexibility index (Phi) is 9.39. The summed E-state index contributed by atoms with van der Waals surface area (Å²) in [5.74, 6) is -1.95. The molecule has 2 N–H and O–H groups in total. The van der Waals surface area contributed by atoms with E-state index >= 15 is 0 Å². The van der Waals surface area contributed by atoms with Crippen LogP contribution in [0.15, 0.2) is 0 Å². The molecule has 162 valence electrons. The Morgan fingerprint density at radius 3 is 1.86 bits per heavy atom. The molecule has 0 saturated heterocycles. The van der Waals surface area contributed by atoms with E-state index in [1.165, 1.54) is 34.9 Å². The Bertz CT molecular complexity index is 586. The lowest BCUT2D eigenvalue weighted by atomic mass is 10.1. The number of aliphatic hydroxyl groups is 1. The number of hydrogen-bond donors (Lipinski definition) is 2. The van der Waals surface area contributed by atoms with Gasteiger partial charge in [0.05, 0.1) is 13.2 Å². The minimum absolute atomic E-state index is 0.498. The van der Waals surface area contributed by atoms with Crippen molar-refractivity contribution in [3.05, 3.63) is 0 Å². The van der Waals surface area contributed by atoms with Crippen LogP contribution in [0.1, 0.15) is 41.5 Å². The molecule has 0 fully saturated rings. The molecule has 28 heavy (non-hydrogen) atoms. The summed E-state index contributed by atoms with van der Waals surface area (Å²) in [7, 11) is 3.97. The fourth-order valence-electron chi connectivity index (χ4n) is 2.10. The first kappa shape index (κ1) is 25.6. The highest BCUT2D eigenvalue weighted by atomic mass is 16.6. The average molecular weight is 403 g/mol. The number of carbonyl (C=O) groups is 4. The van der Waals surface area contributed by atoms with Crippen LogP contribution < -0.4 is 5.32 Å². The highest BCUT2D eigenvalue weighted by Gasteiger charge is 2.34. The topological polar surface area (TPSA) is 125 Å². The predicted molar refractivity (Wildman–Crippen MR) is 101 cm³/mol. The number of esters is 1. The number of likely N-dealkylation sites (N-methyl/N-ethyl adjacent to an activating group) is 2. The smallest absolute Gasteiger partial charge is 0.410 e. The second-order valence-electron chi connectivity index (χ2n) is 7.64. The van der Waals surface area contributed by atoms with Gasteiger partial charge in [0.15, 0.2) is 6.04 Å². The van der Waals surface area contributed by atoms with Crippen LogP contribution in [0.4, 0.5) is 4.79 Å². The number of rotatable bonds is 7. The van der Waals surface area contributed by atoms with Crippen LogP contribution in [-0.2, 0) is 23.9 Å². The molecule has 10 heteroatoms. The standard InChI is InChI=1S/C18H33N3O7/c1-10(14(23)19-13(12(3)22)16(25)27-9)20(7)15(24)11(2)21(8)17(26)28-18(4,5)6/h10-13,22H,1-9H3,(H,19,23). The molecular formula is C18H33N3O7. The third-order valence-electron chi connectivity index (χ3n) is 4.16. The molecule has 3 amide bonds. The molecule has 0 rings (SSSR count). The number of amides is 3. The summed E-state index contributed by atoms with van der Waals surface area (Å²) in [6.07, 6.45) is -1.85. The van der Waals surface area contributed by atoms with Crippen LogP contribution in [0.5, 0.6) is 0 Å². The van der Waals surface area contributed by atoms with E-state index in [0.717, 1.165) is 16.9 Å². The minimum Gasteiger partial charge on any atom is -0.467 e. The van der Waals surface area contributed by atoms with Gasteiger partial charge in [-0.15, -0.1) is 0 Å². The maximum Gasteiger partial charge on any atom is 0.410 e. The summed E-state index contributed by atoms with van der Waals surface area (Å²) in [5, 5.41) is 12.0. The third-order valence-corrected chi connectivity index (χ3v) is 4.16. The van der Waals surface area contributed by atoms with Gasteiger partial charge in [-0.1, -0.05) is 0 Å². The Morgan fingerprint density at radius 2 is 1.46 bits per heavy atom. The van der Waals surface area contributed by atoms with Crippen molar-refractivity contribution in [2.24, 2.45) is 0 Å². The fourth-order valence-corrected chi connectivity index (χ4v) is 2.10. The summed E-state index contributed by atoms with van der Waals surface area (Å²) in [6, 6.07) is -3.11. The van der Waals surface area contributed by atoms with Gasteiger partial charge in [0, 0.05) is 14.1 Å². The minimum atomic E-state index is -1.26. The number of nitrogens with zero attached hydrogens (tertiary/aromatic N) is 2. The first-order valence-corrected chi connectivity index (χ1v) is 8.92. The van der Waals surface area contributed by atoms with Crippen LogP contribution in [0, 0.1) is 0 Å². The lowest BCUT2D eigenvalue weighted by Crippen LogP contribution is -2.56. The summed E-state index contributed by atoms with van der Waals surface area (Å²) in [4.78, 5) is 51.2. The Labute approximate surface area is 166 Å². The van der Waals surface area contributed by atoms with Crippen LogP contribution in [0.25, 0.3) is 0 Å². The van der Waals surface area contributed by atoms with Crippen LogP contribution in [-0.4, -0.2) is 89.8 Å². The first-order chi connectivity index (χ1) is 12.6. The molecule has 0 spiro atoms. The number of carbonyl (C=O) groups excluding carboxylic acids is 4. The van der Waals surface area contributed by atoms with E-state index < -0.39 is 53.7 Å². The van der Waals surface area contributed by atoms with Crippen molar-refractivity contribution >= 4 is 23.9 Å². The molecule has 0 aromatic heterocycles. The summed E-state index contributed by atoms with van der Waals surface area (Å²) in [6.45, 7) is 9.44. The van der Waals surface area contributed by atoms with E-state index in [9.17, 15) is 24.3 Å². The zero-order chi connectivity index (χ0) is 22.4. The second-order valence-corrected chi connectivity index (χ2v) is 7.64. The fraction of sp³-hybridized carbons (Fsp3) is 0.778. The van der Waals surface area contributed by atoms with Crippen molar-refractivity contribution < 1.29 is 33.8 Å². The summed E-state index contributed by atoms with van der Waals surface area (Å²) >= 11 is 0. The first-order valence-electron chi connectivity index (χ1n) is 8.92. The van der Waals surface area contributed by atoms with E-state index in [-0.39, 0.29) is 0 Å². The van der Waals surface area contributed by atoms with Crippen molar-refractivity contribution in [1.29, 1.82) is 0 Å². The number of hydrogen-bond acceptors (Lipinski definition) is 7. The highest BCUT2D eigenvalue weighted by Crippen LogP contribution is 2.12. The van der Waals surface area contributed by atoms with Crippen molar-refractivity contribution in [2.45, 2.75) is 71.4 Å². The molecule has 0 heterocycles. The van der Waals surface area contributed by atoms with E-state index in [4.69, 9.17) is 4.74 Å². The molecule has 0 radical (unpaired) electrons. The van der Waals surface area contributed by atoms with Crippen LogP contribution in [0.2, 0.25) is 0 Å². The Morgan fingerprint density at radius 1 is 0.964 bits per heavy atom. The van der Waals surface area contributed by atoms with Gasteiger partial charge in [-0.05, 0) is 41.5 Å². The van der Waals surface area contributed by atoms with E-state index in [1.807, 2.05) is 0 Å². The zero-order valence-electron chi connectivity index (χ0n) is 18.1. The lowest BCUT2D eigenvalue weighted by molar-refractivity contribution is -0.149. The Hall–Kier alpha value is -2.36. The predicted octanol–water partition coefficient (Wildman–Crippen LogP) is 0.127. The molecule has 0 aliphatic heterocycles.